The topological polar surface area (TPSA) is 87.3 Å². The lowest BCUT2D eigenvalue weighted by Crippen LogP contribution is -2.35. The molecule has 2 aliphatic heterocycles. The zero-order valence-electron chi connectivity index (χ0n) is 18.1. The van der Waals surface area contributed by atoms with Crippen molar-refractivity contribution in [2.24, 2.45) is 5.10 Å². The van der Waals surface area contributed by atoms with Crippen LogP contribution in [0, 0.1) is 5.82 Å². The molecule has 1 fully saturated rings. The van der Waals surface area contributed by atoms with E-state index in [2.05, 4.69) is 15.2 Å². The maximum atomic E-state index is 15.0. The van der Waals surface area contributed by atoms with Gasteiger partial charge in [-0.15, -0.1) is 0 Å². The summed E-state index contributed by atoms with van der Waals surface area (Å²) in [4.78, 5) is 20.2. The minimum absolute atomic E-state index is 0.292. The molecule has 33 heavy (non-hydrogen) atoms. The molecule has 5 rings (SSSR count). The highest BCUT2D eigenvalue weighted by atomic mass is 19.1. The van der Waals surface area contributed by atoms with Gasteiger partial charge in [-0.25, -0.2) is 19.2 Å². The Hall–Kier alpha value is -3.95. The fraction of sp³-hybridized carbons (Fsp3) is 0.304. The predicted octanol–water partition coefficient (Wildman–Crippen LogP) is 3.53. The SMILES string of the molecule is CN1C=NN(c2ccc(-c3ccc(N4C[C@H](CCc5ccno5)OC4=O)cc3F)cn2)CC1. The molecule has 0 bridgehead atoms. The Labute approximate surface area is 190 Å². The van der Waals surface area contributed by atoms with Crippen LogP contribution in [0.2, 0.25) is 0 Å². The van der Waals surface area contributed by atoms with Crippen molar-refractivity contribution >= 4 is 23.9 Å². The lowest BCUT2D eigenvalue weighted by molar-refractivity contribution is 0.135. The number of cyclic esters (lactones) is 1. The predicted molar refractivity (Wildman–Crippen MR) is 121 cm³/mol. The third kappa shape index (κ3) is 4.50. The molecule has 9 nitrogen and oxygen atoms in total. The molecule has 0 aliphatic carbocycles. The molecule has 10 heteroatoms. The van der Waals surface area contributed by atoms with E-state index >= 15 is 0 Å². The minimum Gasteiger partial charge on any atom is -0.444 e. The van der Waals surface area contributed by atoms with E-state index < -0.39 is 11.9 Å². The van der Waals surface area contributed by atoms with E-state index in [9.17, 15) is 9.18 Å². The molecule has 1 saturated heterocycles. The fourth-order valence-corrected chi connectivity index (χ4v) is 3.85. The monoisotopic (exact) mass is 450 g/mol. The van der Waals surface area contributed by atoms with E-state index in [0.29, 0.717) is 42.0 Å². The normalized spacial score (nSPS) is 18.2. The first-order valence-corrected chi connectivity index (χ1v) is 10.7. The van der Waals surface area contributed by atoms with Crippen molar-refractivity contribution in [1.82, 2.24) is 15.0 Å². The van der Waals surface area contributed by atoms with Gasteiger partial charge in [-0.05, 0) is 36.8 Å². The van der Waals surface area contributed by atoms with E-state index in [-0.39, 0.29) is 6.10 Å². The number of anilines is 2. The van der Waals surface area contributed by atoms with Gasteiger partial charge in [0.05, 0.1) is 25.0 Å². The first-order valence-electron chi connectivity index (χ1n) is 10.7. The van der Waals surface area contributed by atoms with E-state index in [1.165, 1.54) is 11.0 Å². The van der Waals surface area contributed by atoms with Gasteiger partial charge in [0.25, 0.3) is 0 Å². The van der Waals surface area contributed by atoms with E-state index in [0.717, 1.165) is 18.8 Å². The minimum atomic E-state index is -0.483. The summed E-state index contributed by atoms with van der Waals surface area (Å²) in [6, 6.07) is 10.2. The summed E-state index contributed by atoms with van der Waals surface area (Å²) in [6.07, 6.45) is 5.40. The maximum absolute atomic E-state index is 15.0. The lowest BCUT2D eigenvalue weighted by atomic mass is 10.1. The van der Waals surface area contributed by atoms with Crippen molar-refractivity contribution in [2.75, 3.05) is 36.6 Å². The number of ether oxygens (including phenoxy) is 1. The highest BCUT2D eigenvalue weighted by Crippen LogP contribution is 2.30. The highest BCUT2D eigenvalue weighted by Gasteiger charge is 2.32. The van der Waals surface area contributed by atoms with Gasteiger partial charge in [-0.2, -0.15) is 5.10 Å². The molecule has 2 aromatic heterocycles. The number of aryl methyl sites for hydroxylation is 1. The standard InChI is InChI=1S/C23H23FN6O3/c1-28-10-11-30(26-15-28)22-7-2-16(13-25-22)20-6-3-17(12-21(20)24)29-14-19(32-23(29)31)5-4-18-8-9-27-33-18/h2-3,6-9,12-13,15,19H,4-5,10-11,14H2,1H3/t19-/m0/s1. The van der Waals surface area contributed by atoms with Crippen molar-refractivity contribution in [3.8, 4) is 11.1 Å². The van der Waals surface area contributed by atoms with E-state index in [1.807, 2.05) is 24.1 Å². The lowest BCUT2D eigenvalue weighted by Gasteiger charge is -2.26. The van der Waals surface area contributed by atoms with Crippen molar-refractivity contribution in [3.63, 3.8) is 0 Å². The molecule has 0 saturated carbocycles. The van der Waals surface area contributed by atoms with Gasteiger partial charge >= 0.3 is 6.09 Å². The van der Waals surface area contributed by atoms with Gasteiger partial charge in [-0.3, -0.25) is 4.90 Å². The van der Waals surface area contributed by atoms with Crippen LogP contribution in [0.1, 0.15) is 12.2 Å². The van der Waals surface area contributed by atoms with Crippen molar-refractivity contribution < 1.29 is 18.4 Å². The molecule has 1 atom stereocenters. The Balaban J connectivity index is 1.26. The molecule has 1 aromatic carbocycles. The largest absolute Gasteiger partial charge is 0.444 e. The zero-order chi connectivity index (χ0) is 22.8. The van der Waals surface area contributed by atoms with Gasteiger partial charge in [0, 0.05) is 43.4 Å². The first kappa shape index (κ1) is 20.9. The van der Waals surface area contributed by atoms with Crippen LogP contribution in [0.15, 0.2) is 58.4 Å². The summed E-state index contributed by atoms with van der Waals surface area (Å²) in [5.74, 6) is 1.01. The molecule has 1 amide bonds. The fourth-order valence-electron chi connectivity index (χ4n) is 3.85. The number of nitrogens with zero attached hydrogens (tertiary/aromatic N) is 6. The number of halogens is 1. The van der Waals surface area contributed by atoms with Crippen LogP contribution < -0.4 is 9.91 Å². The summed E-state index contributed by atoms with van der Waals surface area (Å²) in [7, 11) is 1.96. The number of benzene rings is 1. The molecule has 0 spiro atoms. The summed E-state index contributed by atoms with van der Waals surface area (Å²) < 4.78 is 25.5. The number of aromatic nitrogens is 2. The second-order valence-corrected chi connectivity index (χ2v) is 8.04. The van der Waals surface area contributed by atoms with Crippen molar-refractivity contribution in [3.05, 3.63) is 60.4 Å². The van der Waals surface area contributed by atoms with Crippen LogP contribution in [0.5, 0.6) is 0 Å². The van der Waals surface area contributed by atoms with Gasteiger partial charge in [-0.1, -0.05) is 5.16 Å². The summed E-state index contributed by atoms with van der Waals surface area (Å²) in [6.45, 7) is 1.93. The average Bonchev–Trinajstić information content (AvgIpc) is 3.48. The number of carbonyl (C=O) groups is 1. The second kappa shape index (κ2) is 8.89. The molecule has 0 unspecified atom stereocenters. The number of rotatable bonds is 6. The molecule has 170 valence electrons. The smallest absolute Gasteiger partial charge is 0.414 e. The molecule has 0 N–H and O–H groups in total. The Kier molecular flexibility index (Phi) is 5.64. The number of hydrogen-bond acceptors (Lipinski definition) is 8. The first-order chi connectivity index (χ1) is 16.1. The maximum Gasteiger partial charge on any atom is 0.414 e. The van der Waals surface area contributed by atoms with E-state index in [1.54, 1.807) is 41.9 Å². The third-order valence-corrected chi connectivity index (χ3v) is 5.72. The van der Waals surface area contributed by atoms with Crippen LogP contribution in [-0.4, -0.2) is 60.3 Å². The number of carbonyl (C=O) groups excluding carboxylic acids is 1. The highest BCUT2D eigenvalue weighted by molar-refractivity contribution is 5.90. The number of hydrazone groups is 1. The Morgan fingerprint density at radius 3 is 2.79 bits per heavy atom. The van der Waals surface area contributed by atoms with Crippen LogP contribution in [-0.2, 0) is 11.2 Å². The quantitative estimate of drug-likeness (QED) is 0.568. The molecule has 2 aliphatic rings. The Bertz CT molecular complexity index is 1150. The van der Waals surface area contributed by atoms with Gasteiger partial charge in [0.2, 0.25) is 0 Å². The van der Waals surface area contributed by atoms with Crippen molar-refractivity contribution in [1.29, 1.82) is 0 Å². The van der Waals surface area contributed by atoms with E-state index in [4.69, 9.17) is 9.26 Å². The zero-order valence-corrected chi connectivity index (χ0v) is 18.1. The van der Waals surface area contributed by atoms with Gasteiger partial charge in [0.15, 0.2) is 0 Å². The summed E-state index contributed by atoms with van der Waals surface area (Å²) in [5, 5.41) is 9.81. The van der Waals surface area contributed by atoms with Crippen LogP contribution in [0.3, 0.4) is 0 Å². The van der Waals surface area contributed by atoms with Crippen LogP contribution in [0.25, 0.3) is 11.1 Å². The molecular formula is C23H23FN6O3. The average molecular weight is 450 g/mol. The summed E-state index contributed by atoms with van der Waals surface area (Å²) in [5.41, 5.74) is 1.52. The Morgan fingerprint density at radius 2 is 2.09 bits per heavy atom. The van der Waals surface area contributed by atoms with Gasteiger partial charge in [0.1, 0.15) is 29.8 Å². The van der Waals surface area contributed by atoms with Crippen molar-refractivity contribution in [2.45, 2.75) is 18.9 Å². The molecule has 4 heterocycles. The van der Waals surface area contributed by atoms with Gasteiger partial charge < -0.3 is 14.2 Å². The van der Waals surface area contributed by atoms with Crippen LogP contribution >= 0.6 is 0 Å². The van der Waals surface area contributed by atoms with Crippen LogP contribution in [0.4, 0.5) is 20.7 Å². The molecular weight excluding hydrogens is 427 g/mol. The number of likely N-dealkylation sites (N-methyl/N-ethyl adjacent to an activating group) is 1. The molecule has 3 aromatic rings. The Morgan fingerprint density at radius 1 is 1.18 bits per heavy atom. The second-order valence-electron chi connectivity index (χ2n) is 8.04. The number of pyridine rings is 1. The molecule has 0 radical (unpaired) electrons. The summed E-state index contributed by atoms with van der Waals surface area (Å²) >= 11 is 0. The number of hydrogen-bond donors (Lipinski definition) is 0. The number of amides is 1. The third-order valence-electron chi connectivity index (χ3n) is 5.72.